The molecule has 0 aromatic carbocycles. The number of nitrogens with one attached hydrogen (secondary N) is 1. The molecular formula is C14H20N4. The lowest BCUT2D eigenvalue weighted by Crippen LogP contribution is -2.29. The maximum absolute atomic E-state index is 5.93. The molecule has 1 fully saturated rings. The summed E-state index contributed by atoms with van der Waals surface area (Å²) in [6.45, 7) is 1.03. The zero-order chi connectivity index (χ0) is 12.4. The Morgan fingerprint density at radius 3 is 2.94 bits per heavy atom. The summed E-state index contributed by atoms with van der Waals surface area (Å²) in [6, 6.07) is 6.59. The second-order valence-electron chi connectivity index (χ2n) is 5.23. The molecule has 0 amide bonds. The van der Waals surface area contributed by atoms with Gasteiger partial charge in [0, 0.05) is 25.0 Å². The standard InChI is InChI=1S/C14H20N4/c15-12-6-4-11(5-7-12)10-17-14-3-1-2-13-16-8-9-18(13)14/h1-3,8-9,11-12,17H,4-7,10,15H2. The maximum atomic E-state index is 5.93. The highest BCUT2D eigenvalue weighted by atomic mass is 15.1. The van der Waals surface area contributed by atoms with E-state index in [0.29, 0.717) is 6.04 Å². The molecule has 2 heterocycles. The van der Waals surface area contributed by atoms with Crippen molar-refractivity contribution in [1.82, 2.24) is 9.38 Å². The van der Waals surface area contributed by atoms with Gasteiger partial charge in [0.15, 0.2) is 0 Å². The summed E-state index contributed by atoms with van der Waals surface area (Å²) >= 11 is 0. The monoisotopic (exact) mass is 244 g/mol. The molecule has 4 nitrogen and oxygen atoms in total. The van der Waals surface area contributed by atoms with Crippen molar-refractivity contribution in [3.05, 3.63) is 30.6 Å². The Labute approximate surface area is 107 Å². The van der Waals surface area contributed by atoms with Crippen molar-refractivity contribution in [3.63, 3.8) is 0 Å². The average Bonchev–Trinajstić information content (AvgIpc) is 2.87. The predicted octanol–water partition coefficient (Wildman–Crippen LogP) is 2.26. The number of rotatable bonds is 3. The van der Waals surface area contributed by atoms with Crippen LogP contribution >= 0.6 is 0 Å². The van der Waals surface area contributed by atoms with Crippen LogP contribution in [-0.4, -0.2) is 22.0 Å². The van der Waals surface area contributed by atoms with Gasteiger partial charge < -0.3 is 11.1 Å². The van der Waals surface area contributed by atoms with Crippen LogP contribution in [0.15, 0.2) is 30.6 Å². The number of aromatic nitrogens is 2. The highest BCUT2D eigenvalue weighted by molar-refractivity contribution is 5.49. The highest BCUT2D eigenvalue weighted by Crippen LogP contribution is 2.23. The van der Waals surface area contributed by atoms with E-state index in [4.69, 9.17) is 5.73 Å². The van der Waals surface area contributed by atoms with Crippen molar-refractivity contribution in [3.8, 4) is 0 Å². The fourth-order valence-electron chi connectivity index (χ4n) is 2.73. The number of pyridine rings is 1. The first-order valence-corrected chi connectivity index (χ1v) is 6.74. The van der Waals surface area contributed by atoms with Crippen LogP contribution in [0.5, 0.6) is 0 Å². The van der Waals surface area contributed by atoms with Gasteiger partial charge in [0.05, 0.1) is 0 Å². The van der Waals surface area contributed by atoms with Crippen LogP contribution in [0, 0.1) is 5.92 Å². The summed E-state index contributed by atoms with van der Waals surface area (Å²) in [5, 5.41) is 3.54. The SMILES string of the molecule is NC1CCC(CNc2cccc3nccn23)CC1. The minimum atomic E-state index is 0.429. The Balaban J connectivity index is 1.64. The van der Waals surface area contributed by atoms with Crippen LogP contribution in [0.2, 0.25) is 0 Å². The van der Waals surface area contributed by atoms with Gasteiger partial charge in [-0.15, -0.1) is 0 Å². The third kappa shape index (κ3) is 2.34. The van der Waals surface area contributed by atoms with Crippen molar-refractivity contribution < 1.29 is 0 Å². The molecular weight excluding hydrogens is 224 g/mol. The second kappa shape index (κ2) is 4.98. The molecule has 1 saturated carbocycles. The molecule has 4 heteroatoms. The molecule has 96 valence electrons. The zero-order valence-electron chi connectivity index (χ0n) is 10.5. The van der Waals surface area contributed by atoms with Crippen molar-refractivity contribution in [2.75, 3.05) is 11.9 Å². The first-order chi connectivity index (χ1) is 8.83. The first kappa shape index (κ1) is 11.5. The normalized spacial score (nSPS) is 24.3. The quantitative estimate of drug-likeness (QED) is 0.870. The van der Waals surface area contributed by atoms with Crippen LogP contribution in [0.1, 0.15) is 25.7 Å². The lowest BCUT2D eigenvalue weighted by atomic mass is 9.86. The van der Waals surface area contributed by atoms with Gasteiger partial charge in [0.1, 0.15) is 11.5 Å². The fraction of sp³-hybridized carbons (Fsp3) is 0.500. The van der Waals surface area contributed by atoms with Gasteiger partial charge in [0.25, 0.3) is 0 Å². The Morgan fingerprint density at radius 2 is 2.11 bits per heavy atom. The van der Waals surface area contributed by atoms with Crippen LogP contribution < -0.4 is 11.1 Å². The summed E-state index contributed by atoms with van der Waals surface area (Å²) in [5.41, 5.74) is 6.92. The van der Waals surface area contributed by atoms with E-state index < -0.39 is 0 Å². The molecule has 0 spiro atoms. The largest absolute Gasteiger partial charge is 0.371 e. The van der Waals surface area contributed by atoms with E-state index in [1.54, 1.807) is 0 Å². The Bertz CT molecular complexity index is 511. The van der Waals surface area contributed by atoms with E-state index in [0.717, 1.165) is 23.9 Å². The van der Waals surface area contributed by atoms with Crippen LogP contribution in [0.3, 0.4) is 0 Å². The molecule has 2 aromatic heterocycles. The zero-order valence-corrected chi connectivity index (χ0v) is 10.5. The van der Waals surface area contributed by atoms with E-state index in [-0.39, 0.29) is 0 Å². The molecule has 18 heavy (non-hydrogen) atoms. The van der Waals surface area contributed by atoms with Crippen LogP contribution in [0.4, 0.5) is 5.82 Å². The average molecular weight is 244 g/mol. The number of fused-ring (bicyclic) bond motifs is 1. The number of imidazole rings is 1. The number of nitrogens with two attached hydrogens (primary N) is 1. The van der Waals surface area contributed by atoms with Gasteiger partial charge >= 0.3 is 0 Å². The summed E-state index contributed by atoms with van der Waals surface area (Å²) in [4.78, 5) is 4.29. The lowest BCUT2D eigenvalue weighted by Gasteiger charge is -2.26. The number of nitrogens with zero attached hydrogens (tertiary/aromatic N) is 2. The van der Waals surface area contributed by atoms with Gasteiger partial charge in [-0.2, -0.15) is 0 Å². The van der Waals surface area contributed by atoms with Crippen LogP contribution in [0.25, 0.3) is 5.65 Å². The summed E-state index contributed by atoms with van der Waals surface area (Å²) < 4.78 is 2.09. The Hall–Kier alpha value is -1.55. The molecule has 0 radical (unpaired) electrons. The number of hydrogen-bond acceptors (Lipinski definition) is 3. The molecule has 3 rings (SSSR count). The van der Waals surface area contributed by atoms with Gasteiger partial charge in [-0.25, -0.2) is 4.98 Å². The van der Waals surface area contributed by atoms with Gasteiger partial charge in [-0.05, 0) is 43.7 Å². The second-order valence-corrected chi connectivity index (χ2v) is 5.23. The number of anilines is 1. The summed E-state index contributed by atoms with van der Waals surface area (Å²) in [5.74, 6) is 1.88. The molecule has 0 saturated heterocycles. The predicted molar refractivity (Wildman–Crippen MR) is 73.6 cm³/mol. The van der Waals surface area contributed by atoms with E-state index in [9.17, 15) is 0 Å². The number of hydrogen-bond donors (Lipinski definition) is 2. The molecule has 0 bridgehead atoms. The maximum Gasteiger partial charge on any atom is 0.138 e. The third-order valence-electron chi connectivity index (χ3n) is 3.89. The lowest BCUT2D eigenvalue weighted by molar-refractivity contribution is 0.338. The first-order valence-electron chi connectivity index (χ1n) is 6.74. The fourth-order valence-corrected chi connectivity index (χ4v) is 2.73. The van der Waals surface area contributed by atoms with Crippen molar-refractivity contribution >= 4 is 11.5 Å². The van der Waals surface area contributed by atoms with E-state index in [1.807, 2.05) is 24.5 Å². The highest BCUT2D eigenvalue weighted by Gasteiger charge is 2.18. The minimum Gasteiger partial charge on any atom is -0.371 e. The van der Waals surface area contributed by atoms with E-state index in [2.05, 4.69) is 20.8 Å². The molecule has 0 aliphatic heterocycles. The van der Waals surface area contributed by atoms with E-state index in [1.165, 1.54) is 25.7 Å². The van der Waals surface area contributed by atoms with Gasteiger partial charge in [0.2, 0.25) is 0 Å². The smallest absolute Gasteiger partial charge is 0.138 e. The van der Waals surface area contributed by atoms with Crippen LogP contribution in [-0.2, 0) is 0 Å². The molecule has 3 N–H and O–H groups in total. The van der Waals surface area contributed by atoms with Crippen molar-refractivity contribution in [2.24, 2.45) is 11.7 Å². The van der Waals surface area contributed by atoms with Crippen molar-refractivity contribution in [2.45, 2.75) is 31.7 Å². The van der Waals surface area contributed by atoms with Crippen molar-refractivity contribution in [1.29, 1.82) is 0 Å². The van der Waals surface area contributed by atoms with Gasteiger partial charge in [-0.1, -0.05) is 6.07 Å². The Morgan fingerprint density at radius 1 is 1.28 bits per heavy atom. The molecule has 1 aliphatic carbocycles. The van der Waals surface area contributed by atoms with E-state index >= 15 is 0 Å². The molecule has 2 aromatic rings. The molecule has 0 atom stereocenters. The summed E-state index contributed by atoms with van der Waals surface area (Å²) in [7, 11) is 0. The minimum absolute atomic E-state index is 0.429. The molecule has 0 unspecified atom stereocenters. The molecule has 1 aliphatic rings. The van der Waals surface area contributed by atoms with Gasteiger partial charge in [-0.3, -0.25) is 4.40 Å². The topological polar surface area (TPSA) is 55.3 Å². The summed E-state index contributed by atoms with van der Waals surface area (Å²) in [6.07, 6.45) is 8.65. The third-order valence-corrected chi connectivity index (χ3v) is 3.89. The Kier molecular flexibility index (Phi) is 3.19.